The van der Waals surface area contributed by atoms with Gasteiger partial charge >= 0.3 is 0 Å². The molecule has 1 aliphatic heterocycles. The second-order valence-corrected chi connectivity index (χ2v) is 8.45. The third-order valence-corrected chi connectivity index (χ3v) is 6.07. The Kier molecular flexibility index (Phi) is 6.99. The zero-order valence-corrected chi connectivity index (χ0v) is 19.6. The van der Waals surface area contributed by atoms with Gasteiger partial charge < -0.3 is 21.3 Å². The summed E-state index contributed by atoms with van der Waals surface area (Å²) >= 11 is 12.5. The van der Waals surface area contributed by atoms with Crippen LogP contribution in [0.15, 0.2) is 49.4 Å². The molecule has 176 valence electrons. The average Bonchev–Trinajstić information content (AvgIpc) is 3.29. The summed E-state index contributed by atoms with van der Waals surface area (Å²) in [6, 6.07) is 5.19. The molecule has 0 saturated carbocycles. The quantitative estimate of drug-likeness (QED) is 0.419. The fraction of sp³-hybridized carbons (Fsp3) is 0.227. The molecule has 1 saturated heterocycles. The van der Waals surface area contributed by atoms with E-state index in [0.29, 0.717) is 34.5 Å². The van der Waals surface area contributed by atoms with Gasteiger partial charge in [-0.2, -0.15) is 10.1 Å². The number of halogens is 2. The maximum Gasteiger partial charge on any atom is 0.254 e. The smallest absolute Gasteiger partial charge is 0.254 e. The largest absolute Gasteiger partial charge is 0.365 e. The lowest BCUT2D eigenvalue weighted by atomic mass is 10.1. The number of nitrogens with zero attached hydrogens (tertiary/aromatic N) is 5. The van der Waals surface area contributed by atoms with Crippen LogP contribution in [-0.4, -0.2) is 49.6 Å². The lowest BCUT2D eigenvalue weighted by molar-refractivity contribution is -0.127. The number of carbonyl (C=O) groups excluding carboxylic acids is 2. The Morgan fingerprint density at radius 2 is 1.85 bits per heavy atom. The Balaban J connectivity index is 1.50. The van der Waals surface area contributed by atoms with E-state index in [9.17, 15) is 9.59 Å². The maximum absolute atomic E-state index is 11.9. The van der Waals surface area contributed by atoms with Crippen molar-refractivity contribution in [2.45, 2.75) is 18.9 Å². The van der Waals surface area contributed by atoms with Crippen LogP contribution in [0.2, 0.25) is 10.0 Å². The highest BCUT2D eigenvalue weighted by molar-refractivity contribution is 6.39. The van der Waals surface area contributed by atoms with E-state index in [2.05, 4.69) is 32.3 Å². The number of hydrogen-bond acceptors (Lipinski definition) is 7. The summed E-state index contributed by atoms with van der Waals surface area (Å²) in [7, 11) is 0. The molecule has 2 aromatic heterocycles. The molecule has 0 atom stereocenters. The standard InChI is InChI=1S/C22H22Cl2N8O2/c1-2-18(33)31-8-6-14(7-9-31)32-12-13(10-27-32)28-22-26-11-15(20(25)34)21(30-22)29-19-16(23)4-3-5-17(19)24/h2-5,10-12,14H,1,6-9H2,(H2,25,34)(H2,26,28,29,30). The van der Waals surface area contributed by atoms with Gasteiger partial charge in [-0.1, -0.05) is 35.8 Å². The molecule has 1 aliphatic rings. The second-order valence-electron chi connectivity index (χ2n) is 7.64. The number of anilines is 4. The lowest BCUT2D eigenvalue weighted by Crippen LogP contribution is -2.38. The number of nitrogens with two attached hydrogens (primary N) is 1. The zero-order chi connectivity index (χ0) is 24.2. The molecule has 12 heteroatoms. The van der Waals surface area contributed by atoms with Crippen LogP contribution in [0.3, 0.4) is 0 Å². The topological polar surface area (TPSA) is 131 Å². The van der Waals surface area contributed by atoms with Crippen LogP contribution >= 0.6 is 23.2 Å². The Hall–Kier alpha value is -3.63. The SMILES string of the molecule is C=CC(=O)N1CCC(n2cc(Nc3ncc(C(N)=O)c(Nc4c(Cl)cccc4Cl)n3)cn2)CC1. The fourth-order valence-corrected chi connectivity index (χ4v) is 4.16. The van der Waals surface area contributed by atoms with Gasteiger partial charge in [0.1, 0.15) is 11.4 Å². The van der Waals surface area contributed by atoms with E-state index >= 15 is 0 Å². The van der Waals surface area contributed by atoms with Gasteiger partial charge in [0, 0.05) is 25.5 Å². The number of likely N-dealkylation sites (tertiary alicyclic amines) is 1. The van der Waals surface area contributed by atoms with Gasteiger partial charge in [0.2, 0.25) is 11.9 Å². The summed E-state index contributed by atoms with van der Waals surface area (Å²) in [5, 5.41) is 11.2. The Bertz CT molecular complexity index is 1220. The summed E-state index contributed by atoms with van der Waals surface area (Å²) in [6.45, 7) is 4.83. The highest BCUT2D eigenvalue weighted by Crippen LogP contribution is 2.33. The van der Waals surface area contributed by atoms with E-state index in [1.165, 1.54) is 12.3 Å². The van der Waals surface area contributed by atoms with Crippen LogP contribution in [-0.2, 0) is 4.79 Å². The van der Waals surface area contributed by atoms with Crippen molar-refractivity contribution in [2.75, 3.05) is 23.7 Å². The van der Waals surface area contributed by atoms with Gasteiger partial charge in [-0.15, -0.1) is 0 Å². The van der Waals surface area contributed by atoms with Crippen LogP contribution in [0.1, 0.15) is 29.2 Å². The molecule has 34 heavy (non-hydrogen) atoms. The number of aromatic nitrogens is 4. The monoisotopic (exact) mass is 500 g/mol. The molecule has 0 bridgehead atoms. The van der Waals surface area contributed by atoms with E-state index in [1.807, 2.05) is 10.9 Å². The first kappa shape index (κ1) is 23.5. The zero-order valence-electron chi connectivity index (χ0n) is 18.0. The molecule has 10 nitrogen and oxygen atoms in total. The Labute approximate surface area is 205 Å². The Morgan fingerprint density at radius 3 is 2.50 bits per heavy atom. The molecule has 4 rings (SSSR count). The molecular weight excluding hydrogens is 479 g/mol. The normalized spacial score (nSPS) is 14.0. The van der Waals surface area contributed by atoms with Crippen LogP contribution in [0, 0.1) is 0 Å². The number of hydrogen-bond donors (Lipinski definition) is 3. The van der Waals surface area contributed by atoms with E-state index in [-0.39, 0.29) is 29.3 Å². The number of amides is 2. The van der Waals surface area contributed by atoms with Gasteiger partial charge in [0.25, 0.3) is 5.91 Å². The van der Waals surface area contributed by atoms with Crippen molar-refractivity contribution >= 4 is 58.2 Å². The minimum absolute atomic E-state index is 0.0553. The molecule has 4 N–H and O–H groups in total. The molecule has 0 aliphatic carbocycles. The number of primary amides is 1. The molecular formula is C22H22Cl2N8O2. The van der Waals surface area contributed by atoms with Crippen molar-refractivity contribution in [3.63, 3.8) is 0 Å². The number of benzene rings is 1. The first-order valence-corrected chi connectivity index (χ1v) is 11.2. The van der Waals surface area contributed by atoms with Crippen molar-refractivity contribution in [2.24, 2.45) is 5.73 Å². The van der Waals surface area contributed by atoms with E-state index < -0.39 is 5.91 Å². The second kappa shape index (κ2) is 10.1. The van der Waals surface area contributed by atoms with Gasteiger partial charge in [0.05, 0.1) is 33.7 Å². The number of carbonyl (C=O) groups is 2. The van der Waals surface area contributed by atoms with E-state index in [4.69, 9.17) is 28.9 Å². The summed E-state index contributed by atoms with van der Waals surface area (Å²) in [6.07, 6.45) is 7.74. The molecule has 0 unspecified atom stereocenters. The molecule has 0 radical (unpaired) electrons. The molecule has 1 aromatic carbocycles. The fourth-order valence-electron chi connectivity index (χ4n) is 3.66. The van der Waals surface area contributed by atoms with Crippen LogP contribution in [0.4, 0.5) is 23.1 Å². The van der Waals surface area contributed by atoms with Gasteiger partial charge in [0.15, 0.2) is 0 Å². The van der Waals surface area contributed by atoms with Crippen LogP contribution in [0.5, 0.6) is 0 Å². The van der Waals surface area contributed by atoms with Crippen molar-refractivity contribution in [1.29, 1.82) is 0 Å². The third kappa shape index (κ3) is 5.13. The van der Waals surface area contributed by atoms with Crippen molar-refractivity contribution < 1.29 is 9.59 Å². The van der Waals surface area contributed by atoms with E-state index in [1.54, 1.807) is 29.3 Å². The predicted octanol–water partition coefficient (Wildman–Crippen LogP) is 3.92. The van der Waals surface area contributed by atoms with Gasteiger partial charge in [-0.05, 0) is 31.1 Å². The molecule has 1 fully saturated rings. The summed E-state index contributed by atoms with van der Waals surface area (Å²) in [5.74, 6) is -0.375. The number of nitrogens with one attached hydrogen (secondary N) is 2. The summed E-state index contributed by atoms with van der Waals surface area (Å²) in [5.41, 5.74) is 6.62. The molecule has 3 aromatic rings. The van der Waals surface area contributed by atoms with Crippen molar-refractivity contribution in [1.82, 2.24) is 24.6 Å². The number of para-hydroxylation sites is 1. The van der Waals surface area contributed by atoms with Gasteiger partial charge in [-0.25, -0.2) is 4.98 Å². The predicted molar refractivity (Wildman–Crippen MR) is 131 cm³/mol. The summed E-state index contributed by atoms with van der Waals surface area (Å²) < 4.78 is 1.86. The maximum atomic E-state index is 11.9. The highest BCUT2D eigenvalue weighted by Gasteiger charge is 2.23. The summed E-state index contributed by atoms with van der Waals surface area (Å²) in [4.78, 5) is 34.0. The first-order valence-electron chi connectivity index (χ1n) is 10.5. The lowest BCUT2D eigenvalue weighted by Gasteiger charge is -2.31. The van der Waals surface area contributed by atoms with E-state index in [0.717, 1.165) is 12.8 Å². The minimum atomic E-state index is -0.702. The van der Waals surface area contributed by atoms with Crippen LogP contribution < -0.4 is 16.4 Å². The van der Waals surface area contributed by atoms with Crippen molar-refractivity contribution in [3.05, 3.63) is 65.1 Å². The minimum Gasteiger partial charge on any atom is -0.365 e. The van der Waals surface area contributed by atoms with Crippen molar-refractivity contribution in [3.8, 4) is 0 Å². The van der Waals surface area contributed by atoms with Crippen LogP contribution in [0.25, 0.3) is 0 Å². The van der Waals surface area contributed by atoms with Gasteiger partial charge in [-0.3, -0.25) is 14.3 Å². The molecule has 0 spiro atoms. The third-order valence-electron chi connectivity index (χ3n) is 5.44. The molecule has 3 heterocycles. The highest BCUT2D eigenvalue weighted by atomic mass is 35.5. The molecule has 2 amide bonds. The average molecular weight is 501 g/mol. The first-order chi connectivity index (χ1) is 16.4. The number of piperidine rings is 1. The number of rotatable bonds is 7. The Morgan fingerprint density at radius 1 is 1.15 bits per heavy atom.